The fourth-order valence-corrected chi connectivity index (χ4v) is 3.23. The molecule has 0 aliphatic rings. The number of aliphatic imine (C=N–C) groups is 1. The second-order valence-electron chi connectivity index (χ2n) is 5.88. The molecule has 27 heavy (non-hydrogen) atoms. The molecule has 0 saturated carbocycles. The Bertz CT molecular complexity index is 856. The molecular formula is C19H25ClIN3O2S. The summed E-state index contributed by atoms with van der Waals surface area (Å²) in [6.45, 7) is 3.94. The van der Waals surface area contributed by atoms with Crippen LogP contribution in [0.15, 0.2) is 58.4 Å². The van der Waals surface area contributed by atoms with Crippen LogP contribution in [0, 0.1) is 0 Å². The summed E-state index contributed by atoms with van der Waals surface area (Å²) in [7, 11) is -3.17. The molecule has 5 nitrogen and oxygen atoms in total. The lowest BCUT2D eigenvalue weighted by Crippen LogP contribution is -2.38. The van der Waals surface area contributed by atoms with E-state index in [9.17, 15) is 8.42 Å². The van der Waals surface area contributed by atoms with Gasteiger partial charge in [0.1, 0.15) is 0 Å². The maximum atomic E-state index is 11.5. The monoisotopic (exact) mass is 521 g/mol. The highest BCUT2D eigenvalue weighted by Gasteiger charge is 2.06. The van der Waals surface area contributed by atoms with Crippen LogP contribution in [0.25, 0.3) is 0 Å². The SMILES string of the molecule is CCNC(=NCc1ccc(S(C)(=O)=O)cc1)NCCc1ccccc1Cl.I. The number of sulfone groups is 1. The van der Waals surface area contributed by atoms with Gasteiger partial charge in [-0.1, -0.05) is 41.9 Å². The summed E-state index contributed by atoms with van der Waals surface area (Å²) >= 11 is 6.17. The van der Waals surface area contributed by atoms with Crippen LogP contribution in [0.5, 0.6) is 0 Å². The number of nitrogens with zero attached hydrogens (tertiary/aromatic N) is 1. The van der Waals surface area contributed by atoms with E-state index in [1.165, 1.54) is 6.26 Å². The number of guanidine groups is 1. The smallest absolute Gasteiger partial charge is 0.191 e. The minimum Gasteiger partial charge on any atom is -0.357 e. The maximum absolute atomic E-state index is 11.5. The van der Waals surface area contributed by atoms with Crippen LogP contribution in [0.3, 0.4) is 0 Å². The van der Waals surface area contributed by atoms with E-state index >= 15 is 0 Å². The van der Waals surface area contributed by atoms with Gasteiger partial charge in [0.25, 0.3) is 0 Å². The van der Waals surface area contributed by atoms with E-state index in [0.717, 1.165) is 29.1 Å². The van der Waals surface area contributed by atoms with Gasteiger partial charge in [0, 0.05) is 24.4 Å². The van der Waals surface area contributed by atoms with Crippen LogP contribution in [0.4, 0.5) is 0 Å². The number of halogens is 2. The van der Waals surface area contributed by atoms with E-state index in [0.29, 0.717) is 23.9 Å². The quantitative estimate of drug-likeness (QED) is 0.331. The molecule has 2 aromatic carbocycles. The minimum absolute atomic E-state index is 0. The molecule has 0 bridgehead atoms. The predicted molar refractivity (Wildman–Crippen MR) is 123 cm³/mol. The molecule has 0 saturated heterocycles. The molecule has 0 aliphatic carbocycles. The zero-order valence-corrected chi connectivity index (χ0v) is 19.3. The third-order valence-corrected chi connectivity index (χ3v) is 5.26. The molecule has 0 amide bonds. The van der Waals surface area contributed by atoms with Crippen molar-refractivity contribution < 1.29 is 8.42 Å². The average molecular weight is 522 g/mol. The fourth-order valence-electron chi connectivity index (χ4n) is 2.37. The highest BCUT2D eigenvalue weighted by molar-refractivity contribution is 14.0. The lowest BCUT2D eigenvalue weighted by atomic mass is 10.1. The minimum atomic E-state index is -3.17. The Labute approximate surface area is 183 Å². The molecule has 0 spiro atoms. The zero-order chi connectivity index (χ0) is 19.0. The van der Waals surface area contributed by atoms with E-state index in [1.807, 2.05) is 31.2 Å². The fraction of sp³-hybridized carbons (Fsp3) is 0.316. The molecule has 2 rings (SSSR count). The lowest BCUT2D eigenvalue weighted by Gasteiger charge is -2.12. The Morgan fingerprint density at radius 2 is 1.74 bits per heavy atom. The molecule has 0 radical (unpaired) electrons. The third-order valence-electron chi connectivity index (χ3n) is 3.76. The van der Waals surface area contributed by atoms with Crippen LogP contribution in [0.1, 0.15) is 18.1 Å². The second-order valence-corrected chi connectivity index (χ2v) is 8.30. The molecule has 0 heterocycles. The third kappa shape index (κ3) is 8.06. The summed E-state index contributed by atoms with van der Waals surface area (Å²) in [5, 5.41) is 7.25. The Balaban J connectivity index is 0.00000364. The highest BCUT2D eigenvalue weighted by atomic mass is 127. The van der Waals surface area contributed by atoms with Crippen molar-refractivity contribution in [2.24, 2.45) is 4.99 Å². The van der Waals surface area contributed by atoms with Crippen LogP contribution >= 0.6 is 35.6 Å². The number of nitrogens with one attached hydrogen (secondary N) is 2. The van der Waals surface area contributed by atoms with Crippen molar-refractivity contribution >= 4 is 51.4 Å². The zero-order valence-electron chi connectivity index (χ0n) is 15.4. The Morgan fingerprint density at radius 1 is 1.07 bits per heavy atom. The first kappa shape index (κ1) is 23.7. The van der Waals surface area contributed by atoms with Gasteiger partial charge in [-0.05, 0) is 42.7 Å². The summed E-state index contributed by atoms with van der Waals surface area (Å²) in [6.07, 6.45) is 2.00. The van der Waals surface area contributed by atoms with Gasteiger partial charge in [0.2, 0.25) is 0 Å². The Morgan fingerprint density at radius 3 is 2.33 bits per heavy atom. The first-order valence-electron chi connectivity index (χ1n) is 8.44. The van der Waals surface area contributed by atoms with Crippen LogP contribution < -0.4 is 10.6 Å². The first-order chi connectivity index (χ1) is 12.4. The van der Waals surface area contributed by atoms with E-state index in [4.69, 9.17) is 11.6 Å². The van der Waals surface area contributed by atoms with Gasteiger partial charge in [0.05, 0.1) is 11.4 Å². The molecular weight excluding hydrogens is 497 g/mol. The predicted octanol–water partition coefficient (Wildman–Crippen LogP) is 3.66. The van der Waals surface area contributed by atoms with Crippen molar-refractivity contribution in [2.75, 3.05) is 19.3 Å². The molecule has 2 aromatic rings. The molecule has 2 N–H and O–H groups in total. The summed E-state index contributed by atoms with van der Waals surface area (Å²) in [5.41, 5.74) is 2.04. The van der Waals surface area contributed by atoms with Crippen molar-refractivity contribution in [3.8, 4) is 0 Å². The van der Waals surface area contributed by atoms with E-state index < -0.39 is 9.84 Å². The molecule has 8 heteroatoms. The van der Waals surface area contributed by atoms with Gasteiger partial charge in [0.15, 0.2) is 15.8 Å². The number of hydrogen-bond donors (Lipinski definition) is 2. The van der Waals surface area contributed by atoms with Crippen molar-refractivity contribution in [3.63, 3.8) is 0 Å². The van der Waals surface area contributed by atoms with Gasteiger partial charge in [-0.15, -0.1) is 24.0 Å². The largest absolute Gasteiger partial charge is 0.357 e. The van der Waals surface area contributed by atoms with E-state index in [1.54, 1.807) is 24.3 Å². The van der Waals surface area contributed by atoms with Crippen LogP contribution in [0.2, 0.25) is 5.02 Å². The van der Waals surface area contributed by atoms with Gasteiger partial charge in [-0.2, -0.15) is 0 Å². The Kier molecular flexibility index (Phi) is 10.1. The van der Waals surface area contributed by atoms with Crippen molar-refractivity contribution in [3.05, 3.63) is 64.7 Å². The summed E-state index contributed by atoms with van der Waals surface area (Å²) in [5.74, 6) is 0.715. The highest BCUT2D eigenvalue weighted by Crippen LogP contribution is 2.15. The van der Waals surface area contributed by atoms with Gasteiger partial charge in [-0.25, -0.2) is 13.4 Å². The second kappa shape index (κ2) is 11.5. The molecule has 0 aliphatic heterocycles. The van der Waals surface area contributed by atoms with E-state index in [-0.39, 0.29) is 24.0 Å². The molecule has 0 fully saturated rings. The van der Waals surface area contributed by atoms with Crippen molar-refractivity contribution in [1.29, 1.82) is 0 Å². The maximum Gasteiger partial charge on any atom is 0.191 e. The molecule has 148 valence electrons. The molecule has 0 atom stereocenters. The standard InChI is InChI=1S/C19H24ClN3O2S.HI/c1-3-21-19(22-13-12-16-6-4-5-7-18(16)20)23-14-15-8-10-17(11-9-15)26(2,24)25;/h4-11H,3,12-14H2,1-2H3,(H2,21,22,23);1H. The van der Waals surface area contributed by atoms with Crippen molar-refractivity contribution in [2.45, 2.75) is 24.8 Å². The average Bonchev–Trinajstić information content (AvgIpc) is 2.61. The van der Waals surface area contributed by atoms with E-state index in [2.05, 4.69) is 15.6 Å². The number of benzene rings is 2. The summed E-state index contributed by atoms with van der Waals surface area (Å²) < 4.78 is 23.0. The van der Waals surface area contributed by atoms with Crippen molar-refractivity contribution in [1.82, 2.24) is 10.6 Å². The van der Waals surface area contributed by atoms with Crippen LogP contribution in [-0.2, 0) is 22.8 Å². The first-order valence-corrected chi connectivity index (χ1v) is 10.7. The van der Waals surface area contributed by atoms with Gasteiger partial charge in [-0.3, -0.25) is 0 Å². The lowest BCUT2D eigenvalue weighted by molar-refractivity contribution is 0.602. The van der Waals surface area contributed by atoms with Gasteiger partial charge < -0.3 is 10.6 Å². The molecule has 0 unspecified atom stereocenters. The number of rotatable bonds is 7. The summed E-state index contributed by atoms with van der Waals surface area (Å²) in [4.78, 5) is 4.86. The Hall–Kier alpha value is -1.32. The van der Waals surface area contributed by atoms with Gasteiger partial charge >= 0.3 is 0 Å². The molecule has 0 aromatic heterocycles. The number of hydrogen-bond acceptors (Lipinski definition) is 3. The normalized spacial score (nSPS) is 11.6. The summed E-state index contributed by atoms with van der Waals surface area (Å²) in [6, 6.07) is 14.6. The van der Waals surface area contributed by atoms with Crippen LogP contribution in [-0.4, -0.2) is 33.7 Å². The topological polar surface area (TPSA) is 70.6 Å².